The van der Waals surface area contributed by atoms with Gasteiger partial charge in [-0.2, -0.15) is 0 Å². The number of likely N-dealkylation sites (tertiary alicyclic amines) is 1. The number of nitrogens with zero attached hydrogens (tertiary/aromatic N) is 3. The molecule has 2 N–H and O–H groups in total. The highest BCUT2D eigenvalue weighted by molar-refractivity contribution is 5.94. The van der Waals surface area contributed by atoms with Crippen LogP contribution in [-0.4, -0.2) is 51.3 Å². The van der Waals surface area contributed by atoms with Gasteiger partial charge in [0.15, 0.2) is 0 Å². The Labute approximate surface area is 169 Å². The van der Waals surface area contributed by atoms with Crippen LogP contribution in [-0.2, 0) is 23.2 Å². The van der Waals surface area contributed by atoms with E-state index in [1.165, 1.54) is 0 Å². The minimum absolute atomic E-state index is 0.0344. The van der Waals surface area contributed by atoms with Crippen LogP contribution in [0.4, 0.5) is 0 Å². The van der Waals surface area contributed by atoms with Gasteiger partial charge in [0, 0.05) is 39.1 Å². The number of fused-ring (bicyclic) bond motifs is 1. The lowest BCUT2D eigenvalue weighted by atomic mass is 9.69. The topological polar surface area (TPSA) is 96.3 Å². The molecule has 8 nitrogen and oxygen atoms in total. The summed E-state index contributed by atoms with van der Waals surface area (Å²) in [7, 11) is 1.77. The molecule has 2 atom stereocenters. The first-order valence-electron chi connectivity index (χ1n) is 9.87. The lowest BCUT2D eigenvalue weighted by Gasteiger charge is -2.49. The fraction of sp³-hybridized carbons (Fsp3) is 0.429. The van der Waals surface area contributed by atoms with Crippen LogP contribution >= 0.6 is 0 Å². The minimum Gasteiger partial charge on any atom is -0.352 e. The monoisotopic (exact) mass is 395 g/mol. The molecule has 2 aromatic rings. The van der Waals surface area contributed by atoms with Gasteiger partial charge in [-0.05, 0) is 18.4 Å². The summed E-state index contributed by atoms with van der Waals surface area (Å²) in [6.07, 6.45) is 4.39. The molecular formula is C21H25N5O3. The standard InChI is InChI=1S/C21H25N5O3/c1-25-14-22-12-16(25)19(28)26-10-8-17-21(13-26,9-7-18(27)24-17)20(29)23-11-15-5-3-2-4-6-15/h2-6,12,14,17H,7-11,13H2,1H3,(H,23,29)(H,24,27)/t17-,21+/m1/s1. The van der Waals surface area contributed by atoms with Gasteiger partial charge < -0.3 is 20.1 Å². The van der Waals surface area contributed by atoms with Gasteiger partial charge in [-0.25, -0.2) is 4.98 Å². The van der Waals surface area contributed by atoms with E-state index < -0.39 is 5.41 Å². The first kappa shape index (κ1) is 19.2. The largest absolute Gasteiger partial charge is 0.352 e. The molecule has 0 radical (unpaired) electrons. The Morgan fingerprint density at radius 1 is 1.31 bits per heavy atom. The molecule has 2 aliphatic heterocycles. The zero-order valence-corrected chi connectivity index (χ0v) is 16.4. The summed E-state index contributed by atoms with van der Waals surface area (Å²) < 4.78 is 1.68. The van der Waals surface area contributed by atoms with Crippen molar-refractivity contribution in [2.24, 2.45) is 12.5 Å². The number of imidazole rings is 1. The summed E-state index contributed by atoms with van der Waals surface area (Å²) in [6.45, 7) is 1.18. The maximum absolute atomic E-state index is 13.3. The Morgan fingerprint density at radius 2 is 2.10 bits per heavy atom. The molecule has 0 spiro atoms. The molecular weight excluding hydrogens is 370 g/mol. The molecule has 1 aromatic heterocycles. The zero-order chi connectivity index (χ0) is 20.4. The second-order valence-electron chi connectivity index (χ2n) is 7.85. The minimum atomic E-state index is -0.824. The van der Waals surface area contributed by atoms with Crippen molar-refractivity contribution in [1.82, 2.24) is 25.1 Å². The van der Waals surface area contributed by atoms with E-state index in [4.69, 9.17) is 0 Å². The number of carbonyl (C=O) groups is 3. The molecule has 2 fully saturated rings. The normalized spacial score (nSPS) is 23.8. The van der Waals surface area contributed by atoms with E-state index >= 15 is 0 Å². The average molecular weight is 395 g/mol. The molecule has 8 heteroatoms. The lowest BCUT2D eigenvalue weighted by molar-refractivity contribution is -0.142. The van der Waals surface area contributed by atoms with Crippen LogP contribution in [0, 0.1) is 5.41 Å². The molecule has 152 valence electrons. The first-order chi connectivity index (χ1) is 14.0. The number of aryl methyl sites for hydroxylation is 1. The first-order valence-corrected chi connectivity index (χ1v) is 9.87. The molecule has 0 unspecified atom stereocenters. The summed E-state index contributed by atoms with van der Waals surface area (Å²) in [5, 5.41) is 6.02. The number of hydrogen-bond acceptors (Lipinski definition) is 4. The van der Waals surface area contributed by atoms with E-state index in [1.54, 1.807) is 29.0 Å². The van der Waals surface area contributed by atoms with Crippen molar-refractivity contribution in [1.29, 1.82) is 0 Å². The molecule has 3 heterocycles. The molecule has 0 bridgehead atoms. The highest BCUT2D eigenvalue weighted by Crippen LogP contribution is 2.38. The third-order valence-electron chi connectivity index (χ3n) is 6.03. The van der Waals surface area contributed by atoms with Crippen LogP contribution in [0.3, 0.4) is 0 Å². The van der Waals surface area contributed by atoms with Crippen molar-refractivity contribution in [3.05, 3.63) is 54.1 Å². The Hall–Kier alpha value is -3.16. The number of carbonyl (C=O) groups excluding carboxylic acids is 3. The highest BCUT2D eigenvalue weighted by Gasteiger charge is 2.53. The zero-order valence-electron chi connectivity index (χ0n) is 16.4. The Balaban J connectivity index is 1.55. The molecule has 3 amide bonds. The number of hydrogen-bond donors (Lipinski definition) is 2. The smallest absolute Gasteiger partial charge is 0.272 e. The number of nitrogens with one attached hydrogen (secondary N) is 2. The Morgan fingerprint density at radius 3 is 2.83 bits per heavy atom. The van der Waals surface area contributed by atoms with Gasteiger partial charge in [0.1, 0.15) is 5.69 Å². The molecule has 0 aliphatic carbocycles. The summed E-state index contributed by atoms with van der Waals surface area (Å²) in [5.41, 5.74) is 0.672. The van der Waals surface area contributed by atoms with E-state index in [1.807, 2.05) is 30.3 Å². The summed E-state index contributed by atoms with van der Waals surface area (Å²) in [6, 6.07) is 9.43. The average Bonchev–Trinajstić information content (AvgIpc) is 3.17. The van der Waals surface area contributed by atoms with Gasteiger partial charge in [-0.1, -0.05) is 30.3 Å². The molecule has 2 saturated heterocycles. The number of benzene rings is 1. The van der Waals surface area contributed by atoms with Crippen molar-refractivity contribution >= 4 is 17.7 Å². The highest BCUT2D eigenvalue weighted by atomic mass is 16.2. The van der Waals surface area contributed by atoms with Crippen LogP contribution < -0.4 is 10.6 Å². The van der Waals surface area contributed by atoms with E-state index in [2.05, 4.69) is 15.6 Å². The maximum Gasteiger partial charge on any atom is 0.272 e. The van der Waals surface area contributed by atoms with E-state index in [-0.39, 0.29) is 36.7 Å². The third-order valence-corrected chi connectivity index (χ3v) is 6.03. The van der Waals surface area contributed by atoms with Crippen LogP contribution in [0.1, 0.15) is 35.3 Å². The van der Waals surface area contributed by atoms with Gasteiger partial charge in [0.2, 0.25) is 11.8 Å². The van der Waals surface area contributed by atoms with Crippen LogP contribution in [0.25, 0.3) is 0 Å². The van der Waals surface area contributed by atoms with Crippen molar-refractivity contribution < 1.29 is 14.4 Å². The number of rotatable bonds is 4. The maximum atomic E-state index is 13.3. The molecule has 2 aliphatic rings. The lowest BCUT2D eigenvalue weighted by Crippen LogP contribution is -2.66. The predicted molar refractivity (Wildman–Crippen MR) is 106 cm³/mol. The van der Waals surface area contributed by atoms with Crippen molar-refractivity contribution in [2.75, 3.05) is 13.1 Å². The van der Waals surface area contributed by atoms with Gasteiger partial charge in [0.05, 0.1) is 17.9 Å². The van der Waals surface area contributed by atoms with Gasteiger partial charge in [-0.3, -0.25) is 14.4 Å². The van der Waals surface area contributed by atoms with Crippen LogP contribution in [0.15, 0.2) is 42.9 Å². The predicted octanol–water partition coefficient (Wildman–Crippen LogP) is 0.847. The van der Waals surface area contributed by atoms with Crippen LogP contribution in [0.5, 0.6) is 0 Å². The third kappa shape index (κ3) is 3.62. The second-order valence-corrected chi connectivity index (χ2v) is 7.85. The number of aromatic nitrogens is 2. The molecule has 0 saturated carbocycles. The van der Waals surface area contributed by atoms with E-state index in [0.29, 0.717) is 31.6 Å². The second kappa shape index (κ2) is 7.69. The van der Waals surface area contributed by atoms with E-state index in [0.717, 1.165) is 5.56 Å². The fourth-order valence-corrected chi connectivity index (χ4v) is 4.35. The van der Waals surface area contributed by atoms with Gasteiger partial charge in [-0.15, -0.1) is 0 Å². The summed E-state index contributed by atoms with van der Waals surface area (Å²) in [4.78, 5) is 44.1. The Kier molecular flexibility index (Phi) is 5.08. The van der Waals surface area contributed by atoms with Crippen LogP contribution in [0.2, 0.25) is 0 Å². The summed E-state index contributed by atoms with van der Waals surface area (Å²) in [5.74, 6) is -0.294. The van der Waals surface area contributed by atoms with Crippen molar-refractivity contribution in [3.8, 4) is 0 Å². The van der Waals surface area contributed by atoms with Gasteiger partial charge >= 0.3 is 0 Å². The van der Waals surface area contributed by atoms with Crippen molar-refractivity contribution in [3.63, 3.8) is 0 Å². The molecule has 1 aromatic carbocycles. The molecule has 29 heavy (non-hydrogen) atoms. The van der Waals surface area contributed by atoms with Crippen molar-refractivity contribution in [2.45, 2.75) is 31.8 Å². The van der Waals surface area contributed by atoms with E-state index in [9.17, 15) is 14.4 Å². The number of amides is 3. The quantitative estimate of drug-likeness (QED) is 0.802. The fourth-order valence-electron chi connectivity index (χ4n) is 4.35. The SMILES string of the molecule is Cn1cncc1C(=O)N1CC[C@H]2NC(=O)CC[C@]2(C(=O)NCc2ccccc2)C1. The molecule has 4 rings (SSSR count). The van der Waals surface area contributed by atoms with Gasteiger partial charge in [0.25, 0.3) is 5.91 Å². The summed E-state index contributed by atoms with van der Waals surface area (Å²) >= 11 is 0. The Bertz CT molecular complexity index is 925. The number of piperidine rings is 2.